The standard InChI is InChI=1S/C53H38N4O2/c1-53(2)43-14-6-9-17-47(43)57(48-33-26-38(34-44(48)53)52-55-46-16-8-11-19-50(46)59-52)42-29-22-36(23-30-42)35-20-27-40(28-21-35)56(39-12-4-3-5-13-39)41-31-24-37(25-32-41)51-54-45-15-7-10-18-49(45)58-51/h3-34H,1-2H3. The van der Waals surface area contributed by atoms with Gasteiger partial charge in [-0.1, -0.05) is 98.8 Å². The SMILES string of the molecule is CC1(C)c2ccccc2N(c2ccc(-c3ccc(N(c4ccccc4)c4ccc(-c5nc6ccccc6o5)cc4)cc3)cc2)c2ccc(-c3nc4ccccc4o3)cc21. The number of anilines is 6. The van der Waals surface area contributed by atoms with Crippen LogP contribution in [-0.4, -0.2) is 9.97 Å². The van der Waals surface area contributed by atoms with Crippen molar-refractivity contribution in [3.8, 4) is 34.0 Å². The van der Waals surface area contributed by atoms with Crippen LogP contribution in [0.25, 0.3) is 56.2 Å². The topological polar surface area (TPSA) is 58.5 Å². The predicted octanol–water partition coefficient (Wildman–Crippen LogP) is 14.5. The van der Waals surface area contributed by atoms with Gasteiger partial charge in [-0.15, -0.1) is 0 Å². The van der Waals surface area contributed by atoms with Gasteiger partial charge in [0.25, 0.3) is 0 Å². The lowest BCUT2D eigenvalue weighted by atomic mass is 9.73. The van der Waals surface area contributed by atoms with Crippen LogP contribution in [0.1, 0.15) is 25.0 Å². The molecule has 59 heavy (non-hydrogen) atoms. The number of para-hydroxylation sites is 6. The zero-order valence-corrected chi connectivity index (χ0v) is 32.6. The summed E-state index contributed by atoms with van der Waals surface area (Å²) in [6, 6.07) is 67.6. The van der Waals surface area contributed by atoms with E-state index in [1.807, 2.05) is 54.6 Å². The number of hydrogen-bond acceptors (Lipinski definition) is 6. The van der Waals surface area contributed by atoms with Gasteiger partial charge in [0.05, 0.1) is 11.4 Å². The number of rotatable bonds is 7. The summed E-state index contributed by atoms with van der Waals surface area (Å²) in [5.74, 6) is 1.24. The van der Waals surface area contributed by atoms with E-state index in [0.717, 1.165) is 72.9 Å². The molecule has 0 aliphatic carbocycles. The maximum Gasteiger partial charge on any atom is 0.227 e. The van der Waals surface area contributed by atoms with E-state index in [0.29, 0.717) is 11.8 Å². The van der Waals surface area contributed by atoms with Crippen LogP contribution in [-0.2, 0) is 5.41 Å². The molecular formula is C53H38N4O2. The highest BCUT2D eigenvalue weighted by Crippen LogP contribution is 2.52. The highest BCUT2D eigenvalue weighted by Gasteiger charge is 2.37. The van der Waals surface area contributed by atoms with Gasteiger partial charge in [0.1, 0.15) is 11.0 Å². The maximum absolute atomic E-state index is 6.21. The number of oxazole rings is 2. The zero-order chi connectivity index (χ0) is 39.5. The fraction of sp³-hybridized carbons (Fsp3) is 0.0566. The molecule has 8 aromatic carbocycles. The average Bonchev–Trinajstić information content (AvgIpc) is 3.93. The Morgan fingerprint density at radius 1 is 0.424 bits per heavy atom. The Kier molecular flexibility index (Phi) is 8.05. The molecule has 1 aliphatic heterocycles. The Balaban J connectivity index is 0.907. The Bertz CT molecular complexity index is 3060. The third kappa shape index (κ3) is 5.96. The quantitative estimate of drug-likeness (QED) is 0.161. The normalized spacial score (nSPS) is 13.0. The molecule has 6 nitrogen and oxygen atoms in total. The van der Waals surface area contributed by atoms with Crippen molar-refractivity contribution in [2.24, 2.45) is 0 Å². The van der Waals surface area contributed by atoms with Crippen molar-refractivity contribution < 1.29 is 8.83 Å². The summed E-state index contributed by atoms with van der Waals surface area (Å²) >= 11 is 0. The third-order valence-corrected chi connectivity index (χ3v) is 11.5. The average molecular weight is 763 g/mol. The first-order chi connectivity index (χ1) is 29.0. The molecule has 1 aliphatic rings. The van der Waals surface area contributed by atoms with Gasteiger partial charge in [-0.05, 0) is 131 Å². The second-order valence-electron chi connectivity index (χ2n) is 15.5. The van der Waals surface area contributed by atoms with Crippen LogP contribution >= 0.6 is 0 Å². The van der Waals surface area contributed by atoms with Crippen LogP contribution in [0.15, 0.2) is 203 Å². The molecule has 0 radical (unpaired) electrons. The minimum Gasteiger partial charge on any atom is -0.436 e. The van der Waals surface area contributed by atoms with Crippen molar-refractivity contribution in [1.29, 1.82) is 0 Å². The molecule has 10 aromatic rings. The fourth-order valence-corrected chi connectivity index (χ4v) is 8.49. The molecule has 0 bridgehead atoms. The van der Waals surface area contributed by atoms with Crippen LogP contribution in [0.4, 0.5) is 34.1 Å². The summed E-state index contributed by atoms with van der Waals surface area (Å²) in [4.78, 5) is 14.2. The van der Waals surface area contributed by atoms with Crippen molar-refractivity contribution in [2.75, 3.05) is 9.80 Å². The molecule has 0 fully saturated rings. The number of fused-ring (bicyclic) bond motifs is 4. The second kappa shape index (κ2) is 13.7. The molecule has 6 heteroatoms. The van der Waals surface area contributed by atoms with Crippen LogP contribution < -0.4 is 9.80 Å². The van der Waals surface area contributed by atoms with Crippen LogP contribution in [0, 0.1) is 0 Å². The minimum atomic E-state index is -0.242. The van der Waals surface area contributed by atoms with E-state index in [-0.39, 0.29) is 5.41 Å². The van der Waals surface area contributed by atoms with E-state index in [4.69, 9.17) is 18.8 Å². The first-order valence-electron chi connectivity index (χ1n) is 19.9. The Morgan fingerprint density at radius 2 is 0.898 bits per heavy atom. The van der Waals surface area contributed by atoms with E-state index < -0.39 is 0 Å². The minimum absolute atomic E-state index is 0.242. The first-order valence-corrected chi connectivity index (χ1v) is 19.9. The van der Waals surface area contributed by atoms with E-state index >= 15 is 0 Å². The molecule has 0 saturated heterocycles. The largest absolute Gasteiger partial charge is 0.436 e. The second-order valence-corrected chi connectivity index (χ2v) is 15.5. The summed E-state index contributed by atoms with van der Waals surface area (Å²) < 4.78 is 12.3. The van der Waals surface area contributed by atoms with E-state index in [9.17, 15) is 0 Å². The van der Waals surface area contributed by atoms with Crippen molar-refractivity contribution in [2.45, 2.75) is 19.3 Å². The van der Waals surface area contributed by atoms with Gasteiger partial charge < -0.3 is 18.6 Å². The maximum atomic E-state index is 6.21. The van der Waals surface area contributed by atoms with Gasteiger partial charge in [0.15, 0.2) is 11.2 Å². The first kappa shape index (κ1) is 34.5. The van der Waals surface area contributed by atoms with E-state index in [1.54, 1.807) is 0 Å². The lowest BCUT2D eigenvalue weighted by molar-refractivity contribution is 0.615. The predicted molar refractivity (Wildman–Crippen MR) is 239 cm³/mol. The molecule has 0 amide bonds. The third-order valence-electron chi connectivity index (χ3n) is 11.5. The lowest BCUT2D eigenvalue weighted by Crippen LogP contribution is -2.30. The molecule has 0 atom stereocenters. The highest BCUT2D eigenvalue weighted by atomic mass is 16.4. The molecule has 0 saturated carbocycles. The van der Waals surface area contributed by atoms with E-state index in [2.05, 4.69) is 163 Å². The summed E-state index contributed by atoms with van der Waals surface area (Å²) in [7, 11) is 0. The van der Waals surface area contributed by atoms with Crippen molar-refractivity contribution in [3.05, 3.63) is 205 Å². The molecule has 0 spiro atoms. The molecule has 2 aromatic heterocycles. The van der Waals surface area contributed by atoms with Gasteiger partial charge in [-0.2, -0.15) is 0 Å². The van der Waals surface area contributed by atoms with Crippen molar-refractivity contribution in [3.63, 3.8) is 0 Å². The van der Waals surface area contributed by atoms with Crippen LogP contribution in [0.2, 0.25) is 0 Å². The zero-order valence-electron chi connectivity index (χ0n) is 32.6. The van der Waals surface area contributed by atoms with Crippen LogP contribution in [0.5, 0.6) is 0 Å². The lowest BCUT2D eigenvalue weighted by Gasteiger charge is -2.42. The monoisotopic (exact) mass is 762 g/mol. The molecule has 11 rings (SSSR count). The number of benzene rings is 8. The smallest absolute Gasteiger partial charge is 0.227 e. The van der Waals surface area contributed by atoms with Gasteiger partial charge in [0, 0.05) is 39.3 Å². The van der Waals surface area contributed by atoms with Gasteiger partial charge in [-0.3, -0.25) is 0 Å². The van der Waals surface area contributed by atoms with Gasteiger partial charge in [0.2, 0.25) is 11.8 Å². The summed E-state index contributed by atoms with van der Waals surface area (Å²) in [6.45, 7) is 4.61. The summed E-state index contributed by atoms with van der Waals surface area (Å²) in [5.41, 5.74) is 16.3. The summed E-state index contributed by atoms with van der Waals surface area (Å²) in [6.07, 6.45) is 0. The number of nitrogens with zero attached hydrogens (tertiary/aromatic N) is 4. The van der Waals surface area contributed by atoms with Crippen LogP contribution in [0.3, 0.4) is 0 Å². The molecular weight excluding hydrogens is 725 g/mol. The molecule has 3 heterocycles. The van der Waals surface area contributed by atoms with Gasteiger partial charge in [-0.25, -0.2) is 9.97 Å². The van der Waals surface area contributed by atoms with Crippen molar-refractivity contribution in [1.82, 2.24) is 9.97 Å². The Labute approximate surface area is 342 Å². The molecule has 0 unspecified atom stereocenters. The Morgan fingerprint density at radius 3 is 1.53 bits per heavy atom. The van der Waals surface area contributed by atoms with E-state index in [1.165, 1.54) is 16.8 Å². The summed E-state index contributed by atoms with van der Waals surface area (Å²) in [5, 5.41) is 0. The fourth-order valence-electron chi connectivity index (χ4n) is 8.49. The van der Waals surface area contributed by atoms with Crippen molar-refractivity contribution >= 4 is 56.3 Å². The Hall–Kier alpha value is -7.70. The number of hydrogen-bond donors (Lipinski definition) is 0. The number of aromatic nitrogens is 2. The molecule has 0 N–H and O–H groups in total. The molecule has 282 valence electrons. The van der Waals surface area contributed by atoms with Gasteiger partial charge >= 0.3 is 0 Å². The highest BCUT2D eigenvalue weighted by molar-refractivity contribution is 5.88.